The Balaban J connectivity index is 1.41. The summed E-state index contributed by atoms with van der Waals surface area (Å²) >= 11 is 0. The van der Waals surface area contributed by atoms with Crippen LogP contribution in [0, 0.1) is 0 Å². The minimum absolute atomic E-state index is 0.0687. The van der Waals surface area contributed by atoms with Crippen LogP contribution in [0.5, 0.6) is 0 Å². The van der Waals surface area contributed by atoms with E-state index in [0.717, 1.165) is 39.0 Å². The zero-order chi connectivity index (χ0) is 14.8. The zero-order valence-electron chi connectivity index (χ0n) is 12.7. The van der Waals surface area contributed by atoms with E-state index < -0.39 is 0 Å². The largest absolute Gasteiger partial charge is 0.374 e. The molecule has 22 heavy (non-hydrogen) atoms. The van der Waals surface area contributed by atoms with E-state index in [2.05, 4.69) is 27.0 Å². The number of rotatable bonds is 2. The molecule has 1 atom stereocenters. The predicted molar refractivity (Wildman–Crippen MR) is 86.0 cm³/mol. The Kier molecular flexibility index (Phi) is 3.54. The van der Waals surface area contributed by atoms with Gasteiger partial charge in [-0.3, -0.25) is 9.97 Å². The van der Waals surface area contributed by atoms with Crippen molar-refractivity contribution in [3.63, 3.8) is 0 Å². The first-order chi connectivity index (χ1) is 10.8. The van der Waals surface area contributed by atoms with Crippen LogP contribution in [0.25, 0.3) is 0 Å². The molecule has 4 heterocycles. The second kappa shape index (κ2) is 5.69. The van der Waals surface area contributed by atoms with Crippen LogP contribution in [0.4, 0.5) is 5.69 Å². The molecule has 2 aliphatic rings. The number of aromatic nitrogens is 2. The minimum atomic E-state index is 0.0687. The molecule has 2 aromatic rings. The number of hydrogen-bond acceptors (Lipinski definition) is 4. The van der Waals surface area contributed by atoms with Crippen LogP contribution in [0.3, 0.4) is 0 Å². The molecule has 1 spiro atoms. The van der Waals surface area contributed by atoms with Gasteiger partial charge in [-0.25, -0.2) is 0 Å². The van der Waals surface area contributed by atoms with E-state index in [1.807, 2.05) is 36.9 Å². The highest BCUT2D eigenvalue weighted by Crippen LogP contribution is 2.43. The Hall–Kier alpha value is -1.94. The smallest absolute Gasteiger partial charge is 0.0723 e. The minimum Gasteiger partial charge on any atom is -0.374 e. The summed E-state index contributed by atoms with van der Waals surface area (Å²) in [6.45, 7) is 2.93. The van der Waals surface area contributed by atoms with Gasteiger partial charge in [-0.15, -0.1) is 0 Å². The molecule has 0 aromatic carbocycles. The molecule has 4 nitrogen and oxygen atoms in total. The van der Waals surface area contributed by atoms with Crippen molar-refractivity contribution in [2.24, 2.45) is 0 Å². The molecule has 0 N–H and O–H groups in total. The Morgan fingerprint density at radius 3 is 2.50 bits per heavy atom. The third-order valence-electron chi connectivity index (χ3n) is 5.05. The molecule has 0 aliphatic carbocycles. The van der Waals surface area contributed by atoms with Crippen molar-refractivity contribution in [3.05, 3.63) is 54.6 Å². The maximum Gasteiger partial charge on any atom is 0.0723 e. The lowest BCUT2D eigenvalue weighted by atomic mass is 9.83. The van der Waals surface area contributed by atoms with Gasteiger partial charge in [0, 0.05) is 37.6 Å². The molecule has 4 heteroatoms. The molecule has 0 amide bonds. The van der Waals surface area contributed by atoms with E-state index in [-0.39, 0.29) is 5.60 Å². The molecule has 0 radical (unpaired) electrons. The van der Waals surface area contributed by atoms with Gasteiger partial charge in [-0.2, -0.15) is 0 Å². The Morgan fingerprint density at radius 2 is 1.82 bits per heavy atom. The van der Waals surface area contributed by atoms with Crippen molar-refractivity contribution < 1.29 is 4.74 Å². The maximum atomic E-state index is 6.26. The summed E-state index contributed by atoms with van der Waals surface area (Å²) in [6, 6.07) is 8.33. The summed E-state index contributed by atoms with van der Waals surface area (Å²) in [5.41, 5.74) is 2.60. The van der Waals surface area contributed by atoms with Crippen LogP contribution in [-0.4, -0.2) is 35.3 Å². The standard InChI is InChI=1S/C18H21N3O/c1-3-15(12-19-7-1)16-11-18(22-14-16)5-9-21(10-6-18)17-4-2-8-20-13-17/h1-4,7-8,12-13,16H,5-6,9-11,14H2/t16-/m1/s1. The number of hydrogen-bond donors (Lipinski definition) is 0. The van der Waals surface area contributed by atoms with Gasteiger partial charge >= 0.3 is 0 Å². The summed E-state index contributed by atoms with van der Waals surface area (Å²) in [5, 5.41) is 0. The van der Waals surface area contributed by atoms with E-state index >= 15 is 0 Å². The Labute approximate surface area is 131 Å². The van der Waals surface area contributed by atoms with Crippen molar-refractivity contribution >= 4 is 5.69 Å². The van der Waals surface area contributed by atoms with E-state index in [4.69, 9.17) is 4.74 Å². The van der Waals surface area contributed by atoms with Gasteiger partial charge in [0.1, 0.15) is 0 Å². The van der Waals surface area contributed by atoms with Crippen LogP contribution in [0.2, 0.25) is 0 Å². The summed E-state index contributed by atoms with van der Waals surface area (Å²) in [4.78, 5) is 10.9. The van der Waals surface area contributed by atoms with Crippen LogP contribution >= 0.6 is 0 Å². The summed E-state index contributed by atoms with van der Waals surface area (Å²) in [5.74, 6) is 0.499. The molecular weight excluding hydrogens is 274 g/mol. The summed E-state index contributed by atoms with van der Waals surface area (Å²) < 4.78 is 6.26. The van der Waals surface area contributed by atoms with Crippen LogP contribution in [0.1, 0.15) is 30.7 Å². The molecule has 0 bridgehead atoms. The highest BCUT2D eigenvalue weighted by Gasteiger charge is 2.43. The third-order valence-corrected chi connectivity index (χ3v) is 5.05. The molecule has 2 fully saturated rings. The lowest BCUT2D eigenvalue weighted by Gasteiger charge is -2.39. The second-order valence-electron chi connectivity index (χ2n) is 6.38. The number of nitrogens with zero attached hydrogens (tertiary/aromatic N) is 3. The molecule has 2 aliphatic heterocycles. The Morgan fingerprint density at radius 1 is 1.05 bits per heavy atom. The molecular formula is C18H21N3O. The van der Waals surface area contributed by atoms with E-state index in [9.17, 15) is 0 Å². The molecule has 2 aromatic heterocycles. The highest BCUT2D eigenvalue weighted by atomic mass is 16.5. The summed E-state index contributed by atoms with van der Waals surface area (Å²) in [6.07, 6.45) is 10.9. The fraction of sp³-hybridized carbons (Fsp3) is 0.444. The number of pyridine rings is 2. The first kappa shape index (κ1) is 13.7. The van der Waals surface area contributed by atoms with E-state index in [1.54, 1.807) is 0 Å². The fourth-order valence-corrected chi connectivity index (χ4v) is 3.74. The van der Waals surface area contributed by atoms with Gasteiger partial charge in [0.2, 0.25) is 0 Å². The topological polar surface area (TPSA) is 38.2 Å². The zero-order valence-corrected chi connectivity index (χ0v) is 12.7. The van der Waals surface area contributed by atoms with Crippen molar-refractivity contribution in [2.45, 2.75) is 30.8 Å². The predicted octanol–water partition coefficient (Wildman–Crippen LogP) is 3.02. The van der Waals surface area contributed by atoms with E-state index in [1.165, 1.54) is 11.3 Å². The average Bonchev–Trinajstić information content (AvgIpc) is 3.01. The highest BCUT2D eigenvalue weighted by molar-refractivity contribution is 5.44. The molecule has 114 valence electrons. The van der Waals surface area contributed by atoms with Crippen LogP contribution in [-0.2, 0) is 4.74 Å². The van der Waals surface area contributed by atoms with Gasteiger partial charge < -0.3 is 9.64 Å². The fourth-order valence-electron chi connectivity index (χ4n) is 3.74. The van der Waals surface area contributed by atoms with Crippen molar-refractivity contribution in [1.29, 1.82) is 0 Å². The number of piperidine rings is 1. The van der Waals surface area contributed by atoms with E-state index in [0.29, 0.717) is 5.92 Å². The average molecular weight is 295 g/mol. The lowest BCUT2D eigenvalue weighted by molar-refractivity contribution is -0.0148. The second-order valence-corrected chi connectivity index (χ2v) is 6.38. The Bertz CT molecular complexity index is 609. The molecule has 0 unspecified atom stereocenters. The first-order valence-corrected chi connectivity index (χ1v) is 8.04. The van der Waals surface area contributed by atoms with Gasteiger partial charge in [0.05, 0.1) is 24.1 Å². The van der Waals surface area contributed by atoms with Crippen molar-refractivity contribution in [1.82, 2.24) is 9.97 Å². The number of ether oxygens (including phenoxy) is 1. The lowest BCUT2D eigenvalue weighted by Crippen LogP contribution is -2.44. The number of anilines is 1. The van der Waals surface area contributed by atoms with Crippen LogP contribution in [0.15, 0.2) is 49.1 Å². The van der Waals surface area contributed by atoms with Crippen molar-refractivity contribution in [3.8, 4) is 0 Å². The SMILES string of the molecule is c1cncc([C@H]2COC3(CCN(c4cccnc4)CC3)C2)c1. The normalized spacial score (nSPS) is 23.8. The molecule has 2 saturated heterocycles. The third kappa shape index (κ3) is 2.59. The maximum absolute atomic E-state index is 6.26. The first-order valence-electron chi connectivity index (χ1n) is 8.04. The van der Waals surface area contributed by atoms with Gasteiger partial charge in [0.25, 0.3) is 0 Å². The molecule has 4 rings (SSSR count). The quantitative estimate of drug-likeness (QED) is 0.853. The molecule has 0 saturated carbocycles. The van der Waals surface area contributed by atoms with Crippen LogP contribution < -0.4 is 4.90 Å². The monoisotopic (exact) mass is 295 g/mol. The van der Waals surface area contributed by atoms with Crippen molar-refractivity contribution in [2.75, 3.05) is 24.6 Å². The summed E-state index contributed by atoms with van der Waals surface area (Å²) in [7, 11) is 0. The van der Waals surface area contributed by atoms with Gasteiger partial charge in [0.15, 0.2) is 0 Å². The van der Waals surface area contributed by atoms with Gasteiger partial charge in [-0.1, -0.05) is 6.07 Å². The van der Waals surface area contributed by atoms with Gasteiger partial charge in [-0.05, 0) is 43.0 Å².